The van der Waals surface area contributed by atoms with Crippen LogP contribution in [-0.2, 0) is 14.5 Å². The molecule has 0 aliphatic heterocycles. The van der Waals surface area contributed by atoms with E-state index in [2.05, 4.69) is 19.1 Å². The average molecular weight is 327 g/mol. The maximum atomic E-state index is 10.9. The van der Waals surface area contributed by atoms with Crippen molar-refractivity contribution >= 4 is 21.5 Å². The Bertz CT molecular complexity index is 790. The van der Waals surface area contributed by atoms with Crippen LogP contribution < -0.4 is 5.14 Å². The number of aromatic nitrogens is 4. The molecular formula is C12H17N5O4S. The molecule has 0 radical (unpaired) electrons. The predicted molar refractivity (Wildman–Crippen MR) is 76.9 cm³/mol. The molecule has 0 bridgehead atoms. The van der Waals surface area contributed by atoms with E-state index in [0.717, 1.165) is 11.2 Å². The van der Waals surface area contributed by atoms with Gasteiger partial charge in [0, 0.05) is 12.0 Å². The highest BCUT2D eigenvalue weighted by molar-refractivity contribution is 7.84. The van der Waals surface area contributed by atoms with Gasteiger partial charge < -0.3 is 9.67 Å². The number of aryl methyl sites for hydroxylation is 1. The number of fused-ring (bicyclic) bond motifs is 1. The van der Waals surface area contributed by atoms with Crippen LogP contribution in [0.5, 0.6) is 0 Å². The SMILES string of the molecule is Cc1ncnc2c1ncn2[C@@H]1C[C@H](COS(N)(=O)=O)[C@@H](O)C1. The lowest BCUT2D eigenvalue weighted by Gasteiger charge is -2.13. The number of aliphatic hydroxyl groups excluding tert-OH is 1. The molecule has 0 unspecified atom stereocenters. The molecule has 3 atom stereocenters. The van der Waals surface area contributed by atoms with E-state index in [1.165, 1.54) is 6.33 Å². The molecule has 1 fully saturated rings. The monoisotopic (exact) mass is 327 g/mol. The highest BCUT2D eigenvalue weighted by Crippen LogP contribution is 2.36. The van der Waals surface area contributed by atoms with Gasteiger partial charge in [-0.25, -0.2) is 20.1 Å². The molecule has 10 heteroatoms. The molecule has 1 saturated carbocycles. The predicted octanol–water partition coefficient (Wildman–Crippen LogP) is -0.333. The van der Waals surface area contributed by atoms with Gasteiger partial charge in [-0.05, 0) is 19.8 Å². The maximum Gasteiger partial charge on any atom is 0.333 e. The highest BCUT2D eigenvalue weighted by Gasteiger charge is 2.35. The van der Waals surface area contributed by atoms with Gasteiger partial charge in [-0.1, -0.05) is 0 Å². The lowest BCUT2D eigenvalue weighted by atomic mass is 10.1. The van der Waals surface area contributed by atoms with Gasteiger partial charge in [-0.3, -0.25) is 4.18 Å². The second-order valence-electron chi connectivity index (χ2n) is 5.51. The molecule has 3 rings (SSSR count). The number of hydrogen-bond acceptors (Lipinski definition) is 7. The fraction of sp³-hybridized carbons (Fsp3) is 0.583. The number of nitrogens with two attached hydrogens (primary N) is 1. The molecule has 2 heterocycles. The van der Waals surface area contributed by atoms with E-state index < -0.39 is 16.4 Å². The fourth-order valence-electron chi connectivity index (χ4n) is 2.90. The average Bonchev–Trinajstić information content (AvgIpc) is 3.00. The van der Waals surface area contributed by atoms with Crippen LogP contribution in [0.25, 0.3) is 11.2 Å². The van der Waals surface area contributed by atoms with Gasteiger partial charge in [-0.2, -0.15) is 8.42 Å². The normalized spacial score (nSPS) is 25.9. The lowest BCUT2D eigenvalue weighted by molar-refractivity contribution is 0.100. The molecule has 2 aromatic heterocycles. The molecule has 1 aliphatic rings. The van der Waals surface area contributed by atoms with Crippen molar-refractivity contribution in [3.05, 3.63) is 18.3 Å². The Kier molecular flexibility index (Phi) is 3.85. The Morgan fingerprint density at radius 2 is 2.18 bits per heavy atom. The molecule has 0 spiro atoms. The lowest BCUT2D eigenvalue weighted by Crippen LogP contribution is -2.24. The van der Waals surface area contributed by atoms with Crippen LogP contribution in [0.1, 0.15) is 24.6 Å². The maximum absolute atomic E-state index is 10.9. The second-order valence-corrected chi connectivity index (χ2v) is 6.73. The molecule has 3 N–H and O–H groups in total. The van der Waals surface area contributed by atoms with Crippen LogP contribution in [0.15, 0.2) is 12.7 Å². The Balaban J connectivity index is 1.80. The van der Waals surface area contributed by atoms with Gasteiger partial charge >= 0.3 is 10.3 Å². The van der Waals surface area contributed by atoms with E-state index >= 15 is 0 Å². The molecule has 0 aromatic carbocycles. The van der Waals surface area contributed by atoms with Crippen molar-refractivity contribution in [3.63, 3.8) is 0 Å². The zero-order chi connectivity index (χ0) is 15.9. The minimum absolute atomic E-state index is 0.0246. The third-order valence-corrected chi connectivity index (χ3v) is 4.48. The van der Waals surface area contributed by atoms with Crippen molar-refractivity contribution in [2.45, 2.75) is 31.9 Å². The summed E-state index contributed by atoms with van der Waals surface area (Å²) in [5, 5.41) is 14.9. The molecule has 0 saturated heterocycles. The molecule has 1 aliphatic carbocycles. The number of aliphatic hydroxyl groups is 1. The summed E-state index contributed by atoms with van der Waals surface area (Å²) < 4.78 is 28.2. The van der Waals surface area contributed by atoms with E-state index in [1.807, 2.05) is 11.5 Å². The molecule has 0 amide bonds. The first-order valence-electron chi connectivity index (χ1n) is 6.84. The van der Waals surface area contributed by atoms with Crippen molar-refractivity contribution in [1.29, 1.82) is 0 Å². The zero-order valence-corrected chi connectivity index (χ0v) is 12.8. The molecule has 2 aromatic rings. The summed E-state index contributed by atoms with van der Waals surface area (Å²) in [5.74, 6) is -0.302. The second kappa shape index (κ2) is 5.54. The van der Waals surface area contributed by atoms with Crippen molar-refractivity contribution in [1.82, 2.24) is 19.5 Å². The first-order valence-corrected chi connectivity index (χ1v) is 8.31. The van der Waals surface area contributed by atoms with Gasteiger partial charge in [0.25, 0.3) is 0 Å². The summed E-state index contributed by atoms with van der Waals surface area (Å²) in [5.41, 5.74) is 2.22. The minimum atomic E-state index is -4.00. The van der Waals surface area contributed by atoms with Crippen LogP contribution in [0, 0.1) is 12.8 Å². The van der Waals surface area contributed by atoms with Crippen LogP contribution in [0.2, 0.25) is 0 Å². The minimum Gasteiger partial charge on any atom is -0.393 e. The number of imidazole rings is 1. The Morgan fingerprint density at radius 3 is 2.91 bits per heavy atom. The Hall–Kier alpha value is -1.62. The van der Waals surface area contributed by atoms with Crippen LogP contribution in [0.4, 0.5) is 0 Å². The summed E-state index contributed by atoms with van der Waals surface area (Å²) in [6.45, 7) is 1.73. The van der Waals surface area contributed by atoms with Crippen LogP contribution in [-0.4, -0.2) is 45.8 Å². The van der Waals surface area contributed by atoms with E-state index in [1.54, 1.807) is 6.33 Å². The van der Waals surface area contributed by atoms with Gasteiger partial charge in [-0.15, -0.1) is 0 Å². The highest BCUT2D eigenvalue weighted by atomic mass is 32.2. The van der Waals surface area contributed by atoms with E-state index in [9.17, 15) is 13.5 Å². The fourth-order valence-corrected chi connectivity index (χ4v) is 3.26. The number of hydrogen-bond donors (Lipinski definition) is 2. The largest absolute Gasteiger partial charge is 0.393 e. The van der Waals surface area contributed by atoms with Crippen molar-refractivity contribution in [3.8, 4) is 0 Å². The summed E-state index contributed by atoms with van der Waals surface area (Å²) in [7, 11) is -4.00. The molecule has 120 valence electrons. The van der Waals surface area contributed by atoms with Gasteiger partial charge in [0.15, 0.2) is 5.65 Å². The quantitative estimate of drug-likeness (QED) is 0.785. The first kappa shape index (κ1) is 15.3. The topological polar surface area (TPSA) is 133 Å². The number of rotatable bonds is 4. The molecule has 9 nitrogen and oxygen atoms in total. The van der Waals surface area contributed by atoms with E-state index in [0.29, 0.717) is 18.5 Å². The Labute approximate surface area is 127 Å². The van der Waals surface area contributed by atoms with Crippen molar-refractivity contribution < 1.29 is 17.7 Å². The summed E-state index contributed by atoms with van der Waals surface area (Å²) in [6, 6.07) is -0.0246. The first-order chi connectivity index (χ1) is 10.3. The summed E-state index contributed by atoms with van der Waals surface area (Å²) >= 11 is 0. The number of nitrogens with zero attached hydrogens (tertiary/aromatic N) is 4. The van der Waals surface area contributed by atoms with Crippen LogP contribution >= 0.6 is 0 Å². The van der Waals surface area contributed by atoms with E-state index in [4.69, 9.17) is 5.14 Å². The smallest absolute Gasteiger partial charge is 0.333 e. The molecular weight excluding hydrogens is 310 g/mol. The van der Waals surface area contributed by atoms with Gasteiger partial charge in [0.05, 0.1) is 24.7 Å². The zero-order valence-electron chi connectivity index (χ0n) is 12.0. The van der Waals surface area contributed by atoms with Crippen molar-refractivity contribution in [2.75, 3.05) is 6.61 Å². The third-order valence-electron chi connectivity index (χ3n) is 4.01. The summed E-state index contributed by atoms with van der Waals surface area (Å²) in [4.78, 5) is 12.6. The summed E-state index contributed by atoms with van der Waals surface area (Å²) in [6.07, 6.45) is 3.53. The third kappa shape index (κ3) is 2.95. The van der Waals surface area contributed by atoms with Gasteiger partial charge in [0.1, 0.15) is 11.8 Å². The van der Waals surface area contributed by atoms with E-state index in [-0.39, 0.29) is 18.6 Å². The van der Waals surface area contributed by atoms with Gasteiger partial charge in [0.2, 0.25) is 0 Å². The Morgan fingerprint density at radius 1 is 1.41 bits per heavy atom. The molecule has 22 heavy (non-hydrogen) atoms. The van der Waals surface area contributed by atoms with Crippen molar-refractivity contribution in [2.24, 2.45) is 11.1 Å². The standard InChI is InChI=1S/C12H17N5O4S/c1-7-11-12(15-5-14-7)17(6-16-11)9-2-8(10(18)3-9)4-21-22(13,19)20/h5-6,8-10,18H,2-4H2,1H3,(H2,13,19,20)/t8-,9-,10+/m1/s1. The van der Waals surface area contributed by atoms with Crippen LogP contribution in [0.3, 0.4) is 0 Å².